The van der Waals surface area contributed by atoms with Crippen molar-refractivity contribution in [3.05, 3.63) is 57.2 Å². The second kappa shape index (κ2) is 7.63. The topological polar surface area (TPSA) is 70.5 Å². The highest BCUT2D eigenvalue weighted by atomic mass is 127. The van der Waals surface area contributed by atoms with Crippen LogP contribution in [-0.2, 0) is 6.61 Å². The molecular formula is C16H19IN2O2. The molecule has 0 amide bonds. The van der Waals surface area contributed by atoms with Crippen molar-refractivity contribution in [3.63, 3.8) is 0 Å². The molecule has 21 heavy (non-hydrogen) atoms. The Hall–Kier alpha value is -1.31. The molecule has 0 spiro atoms. The van der Waals surface area contributed by atoms with E-state index in [-0.39, 0.29) is 6.04 Å². The van der Waals surface area contributed by atoms with E-state index in [9.17, 15) is 0 Å². The van der Waals surface area contributed by atoms with Gasteiger partial charge in [0, 0.05) is 21.7 Å². The molecule has 0 bridgehead atoms. The average Bonchev–Trinajstić information content (AvgIpc) is 2.53. The zero-order valence-electron chi connectivity index (χ0n) is 11.9. The van der Waals surface area contributed by atoms with E-state index in [2.05, 4.69) is 22.6 Å². The molecular weight excluding hydrogens is 379 g/mol. The molecule has 1 unspecified atom stereocenters. The molecule has 1 atom stereocenters. The number of rotatable bonds is 6. The van der Waals surface area contributed by atoms with Gasteiger partial charge in [-0.25, -0.2) is 0 Å². The minimum atomic E-state index is -0.278. The Bertz CT molecular complexity index is 590. The highest BCUT2D eigenvalue weighted by molar-refractivity contribution is 14.1. The SMILES string of the molecule is COc1cc(I)cc(C(N)CN)c1OCc1ccccc1. The molecule has 5 heteroatoms. The number of methoxy groups -OCH3 is 1. The maximum Gasteiger partial charge on any atom is 0.166 e. The molecule has 2 aromatic carbocycles. The van der Waals surface area contributed by atoms with Gasteiger partial charge in [-0.3, -0.25) is 0 Å². The van der Waals surface area contributed by atoms with Crippen molar-refractivity contribution in [2.45, 2.75) is 12.6 Å². The highest BCUT2D eigenvalue weighted by Crippen LogP contribution is 2.36. The number of hydrogen-bond acceptors (Lipinski definition) is 4. The molecule has 0 radical (unpaired) electrons. The molecule has 0 heterocycles. The van der Waals surface area contributed by atoms with Gasteiger partial charge < -0.3 is 20.9 Å². The van der Waals surface area contributed by atoms with Crippen LogP contribution in [0.4, 0.5) is 0 Å². The van der Waals surface area contributed by atoms with Crippen LogP contribution in [-0.4, -0.2) is 13.7 Å². The van der Waals surface area contributed by atoms with Crippen molar-refractivity contribution < 1.29 is 9.47 Å². The van der Waals surface area contributed by atoms with Crippen LogP contribution >= 0.6 is 22.6 Å². The van der Waals surface area contributed by atoms with Gasteiger partial charge in [-0.15, -0.1) is 0 Å². The average molecular weight is 398 g/mol. The van der Waals surface area contributed by atoms with Crippen LogP contribution in [0.15, 0.2) is 42.5 Å². The standard InChI is InChI=1S/C16H19IN2O2/c1-20-15-8-12(17)7-13(14(19)9-18)16(15)21-10-11-5-3-2-4-6-11/h2-8,14H,9-10,18-19H2,1H3. The Labute approximate surface area is 138 Å². The Morgan fingerprint density at radius 1 is 1.19 bits per heavy atom. The minimum absolute atomic E-state index is 0.278. The summed E-state index contributed by atoms with van der Waals surface area (Å²) in [5.74, 6) is 1.34. The van der Waals surface area contributed by atoms with Gasteiger partial charge in [0.1, 0.15) is 6.61 Å². The Morgan fingerprint density at radius 2 is 1.90 bits per heavy atom. The summed E-state index contributed by atoms with van der Waals surface area (Å²) < 4.78 is 12.4. The molecule has 0 saturated carbocycles. The lowest BCUT2D eigenvalue weighted by molar-refractivity contribution is 0.279. The third kappa shape index (κ3) is 4.09. The third-order valence-corrected chi connectivity index (χ3v) is 3.77. The number of benzene rings is 2. The first kappa shape index (κ1) is 16.1. The fourth-order valence-electron chi connectivity index (χ4n) is 2.03. The van der Waals surface area contributed by atoms with E-state index in [0.29, 0.717) is 24.7 Å². The van der Waals surface area contributed by atoms with Crippen molar-refractivity contribution in [3.8, 4) is 11.5 Å². The second-order valence-electron chi connectivity index (χ2n) is 4.64. The van der Waals surface area contributed by atoms with Crippen molar-refractivity contribution in [1.29, 1.82) is 0 Å². The van der Waals surface area contributed by atoms with Crippen LogP contribution in [0.1, 0.15) is 17.2 Å². The normalized spacial score (nSPS) is 12.0. The summed E-state index contributed by atoms with van der Waals surface area (Å²) in [5.41, 5.74) is 13.8. The first-order chi connectivity index (χ1) is 10.2. The van der Waals surface area contributed by atoms with E-state index in [1.54, 1.807) is 7.11 Å². The summed E-state index contributed by atoms with van der Waals surface area (Å²) in [5, 5.41) is 0. The summed E-state index contributed by atoms with van der Waals surface area (Å²) in [7, 11) is 1.62. The molecule has 0 aliphatic carbocycles. The molecule has 0 saturated heterocycles. The number of nitrogens with two attached hydrogens (primary N) is 2. The molecule has 112 valence electrons. The second-order valence-corrected chi connectivity index (χ2v) is 5.89. The number of ether oxygens (including phenoxy) is 2. The van der Waals surface area contributed by atoms with Gasteiger partial charge in [-0.05, 0) is 40.3 Å². The molecule has 2 rings (SSSR count). The Morgan fingerprint density at radius 3 is 2.52 bits per heavy atom. The zero-order chi connectivity index (χ0) is 15.2. The van der Waals surface area contributed by atoms with Crippen LogP contribution in [0.3, 0.4) is 0 Å². The molecule has 4 N–H and O–H groups in total. The predicted octanol–water partition coefficient (Wildman–Crippen LogP) is 2.84. The number of hydrogen-bond donors (Lipinski definition) is 2. The van der Waals surface area contributed by atoms with Crippen molar-refractivity contribution in [2.75, 3.05) is 13.7 Å². The summed E-state index contributed by atoms with van der Waals surface area (Å²) in [6.07, 6.45) is 0. The van der Waals surface area contributed by atoms with E-state index in [1.807, 2.05) is 42.5 Å². The van der Waals surface area contributed by atoms with Crippen molar-refractivity contribution >= 4 is 22.6 Å². The van der Waals surface area contributed by atoms with Gasteiger partial charge in [0.2, 0.25) is 0 Å². The number of halogens is 1. The van der Waals surface area contributed by atoms with Gasteiger partial charge in [0.15, 0.2) is 11.5 Å². The fraction of sp³-hybridized carbons (Fsp3) is 0.250. The Kier molecular flexibility index (Phi) is 5.84. The Balaban J connectivity index is 2.31. The van der Waals surface area contributed by atoms with E-state index < -0.39 is 0 Å². The summed E-state index contributed by atoms with van der Waals surface area (Å²) >= 11 is 2.23. The smallest absolute Gasteiger partial charge is 0.166 e. The minimum Gasteiger partial charge on any atom is -0.493 e. The van der Waals surface area contributed by atoms with Crippen molar-refractivity contribution in [2.24, 2.45) is 11.5 Å². The fourth-order valence-corrected chi connectivity index (χ4v) is 2.65. The zero-order valence-corrected chi connectivity index (χ0v) is 14.0. The maximum absolute atomic E-state index is 6.09. The summed E-state index contributed by atoms with van der Waals surface area (Å²) in [4.78, 5) is 0. The van der Waals surface area contributed by atoms with Crippen LogP contribution in [0.5, 0.6) is 11.5 Å². The first-order valence-electron chi connectivity index (χ1n) is 6.65. The highest BCUT2D eigenvalue weighted by Gasteiger charge is 2.17. The van der Waals surface area contributed by atoms with Crippen LogP contribution in [0, 0.1) is 3.57 Å². The monoisotopic (exact) mass is 398 g/mol. The summed E-state index contributed by atoms with van der Waals surface area (Å²) in [6.45, 7) is 0.813. The van der Waals surface area contributed by atoms with Gasteiger partial charge in [0.05, 0.1) is 7.11 Å². The van der Waals surface area contributed by atoms with Crippen LogP contribution < -0.4 is 20.9 Å². The van der Waals surface area contributed by atoms with Gasteiger partial charge in [0.25, 0.3) is 0 Å². The van der Waals surface area contributed by atoms with E-state index >= 15 is 0 Å². The van der Waals surface area contributed by atoms with Gasteiger partial charge >= 0.3 is 0 Å². The maximum atomic E-state index is 6.09. The van der Waals surface area contributed by atoms with Crippen molar-refractivity contribution in [1.82, 2.24) is 0 Å². The van der Waals surface area contributed by atoms with Gasteiger partial charge in [-0.2, -0.15) is 0 Å². The first-order valence-corrected chi connectivity index (χ1v) is 7.73. The lowest BCUT2D eigenvalue weighted by Crippen LogP contribution is -2.22. The lowest BCUT2D eigenvalue weighted by Gasteiger charge is -2.19. The van der Waals surface area contributed by atoms with E-state index in [4.69, 9.17) is 20.9 Å². The van der Waals surface area contributed by atoms with Gasteiger partial charge in [-0.1, -0.05) is 30.3 Å². The van der Waals surface area contributed by atoms with E-state index in [0.717, 1.165) is 14.7 Å². The lowest BCUT2D eigenvalue weighted by atomic mass is 10.1. The predicted molar refractivity (Wildman–Crippen MR) is 92.5 cm³/mol. The largest absolute Gasteiger partial charge is 0.493 e. The molecule has 0 fully saturated rings. The molecule has 0 aliphatic heterocycles. The molecule has 0 aliphatic rings. The van der Waals surface area contributed by atoms with Crippen LogP contribution in [0.25, 0.3) is 0 Å². The summed E-state index contributed by atoms with van der Waals surface area (Å²) in [6, 6.07) is 13.6. The molecule has 0 aromatic heterocycles. The molecule has 2 aromatic rings. The quantitative estimate of drug-likeness (QED) is 0.735. The van der Waals surface area contributed by atoms with E-state index in [1.165, 1.54) is 0 Å². The third-order valence-electron chi connectivity index (χ3n) is 3.15. The molecule has 4 nitrogen and oxygen atoms in total. The van der Waals surface area contributed by atoms with Crippen LogP contribution in [0.2, 0.25) is 0 Å².